The summed E-state index contributed by atoms with van der Waals surface area (Å²) in [7, 11) is 0. The highest BCUT2D eigenvalue weighted by molar-refractivity contribution is 5.87. The summed E-state index contributed by atoms with van der Waals surface area (Å²) < 4.78 is 5.39. The van der Waals surface area contributed by atoms with Gasteiger partial charge in [-0.15, -0.1) is 0 Å². The van der Waals surface area contributed by atoms with Gasteiger partial charge in [0.2, 0.25) is 0 Å². The first-order chi connectivity index (χ1) is 5.29. The molecule has 0 aliphatic carbocycles. The maximum atomic E-state index is 10.5. The van der Waals surface area contributed by atoms with Crippen molar-refractivity contribution in [3.05, 3.63) is 12.2 Å². The van der Waals surface area contributed by atoms with Crippen molar-refractivity contribution in [2.45, 2.75) is 32.3 Å². The Balaban J connectivity index is 2.29. The number of hydrogen-bond donors (Lipinski definition) is 0. The van der Waals surface area contributed by atoms with Crippen LogP contribution in [0.2, 0.25) is 0 Å². The third-order valence-electron chi connectivity index (χ3n) is 1.76. The van der Waals surface area contributed by atoms with Crippen LogP contribution in [0, 0.1) is 0 Å². The SMILES string of the molecule is CC(=O)/C=C/[C@H]1CCCCO1. The van der Waals surface area contributed by atoms with E-state index in [-0.39, 0.29) is 11.9 Å². The Kier molecular flexibility index (Phi) is 3.30. The minimum Gasteiger partial charge on any atom is -0.374 e. The van der Waals surface area contributed by atoms with E-state index in [0.717, 1.165) is 19.4 Å². The van der Waals surface area contributed by atoms with Crippen molar-refractivity contribution in [2.75, 3.05) is 6.61 Å². The molecule has 0 aromatic heterocycles. The van der Waals surface area contributed by atoms with E-state index >= 15 is 0 Å². The van der Waals surface area contributed by atoms with Crippen molar-refractivity contribution in [1.82, 2.24) is 0 Å². The normalized spacial score (nSPS) is 25.7. The molecule has 0 saturated carbocycles. The molecule has 1 atom stereocenters. The van der Waals surface area contributed by atoms with Crippen LogP contribution >= 0.6 is 0 Å². The predicted octanol–water partition coefficient (Wildman–Crippen LogP) is 1.70. The number of hydrogen-bond acceptors (Lipinski definition) is 2. The second-order valence-corrected chi connectivity index (χ2v) is 2.87. The van der Waals surface area contributed by atoms with E-state index in [2.05, 4.69) is 0 Å². The molecule has 11 heavy (non-hydrogen) atoms. The Morgan fingerprint density at radius 2 is 2.36 bits per heavy atom. The standard InChI is InChI=1S/C9H14O2/c1-8(10)5-6-9-4-2-3-7-11-9/h5-6,9H,2-4,7H2,1H3/b6-5+/t9-/m1/s1. The quantitative estimate of drug-likeness (QED) is 0.566. The highest BCUT2D eigenvalue weighted by Crippen LogP contribution is 2.13. The Morgan fingerprint density at radius 1 is 1.55 bits per heavy atom. The zero-order valence-corrected chi connectivity index (χ0v) is 6.88. The lowest BCUT2D eigenvalue weighted by atomic mass is 10.1. The lowest BCUT2D eigenvalue weighted by Crippen LogP contribution is -2.16. The zero-order chi connectivity index (χ0) is 8.10. The molecule has 1 fully saturated rings. The highest BCUT2D eigenvalue weighted by atomic mass is 16.5. The van der Waals surface area contributed by atoms with Crippen LogP contribution in [-0.2, 0) is 9.53 Å². The maximum absolute atomic E-state index is 10.5. The van der Waals surface area contributed by atoms with E-state index in [9.17, 15) is 4.79 Å². The Hall–Kier alpha value is -0.630. The molecular weight excluding hydrogens is 140 g/mol. The van der Waals surface area contributed by atoms with Crippen molar-refractivity contribution in [3.63, 3.8) is 0 Å². The van der Waals surface area contributed by atoms with E-state index in [1.807, 2.05) is 6.08 Å². The number of allylic oxidation sites excluding steroid dienone is 1. The monoisotopic (exact) mass is 154 g/mol. The fraction of sp³-hybridized carbons (Fsp3) is 0.667. The second-order valence-electron chi connectivity index (χ2n) is 2.87. The Labute approximate surface area is 67.2 Å². The van der Waals surface area contributed by atoms with Gasteiger partial charge >= 0.3 is 0 Å². The van der Waals surface area contributed by atoms with Gasteiger partial charge in [-0.05, 0) is 32.3 Å². The smallest absolute Gasteiger partial charge is 0.152 e. The van der Waals surface area contributed by atoms with Gasteiger partial charge in [-0.3, -0.25) is 4.79 Å². The van der Waals surface area contributed by atoms with Crippen LogP contribution in [0.15, 0.2) is 12.2 Å². The van der Waals surface area contributed by atoms with Gasteiger partial charge in [0.25, 0.3) is 0 Å². The molecule has 0 bridgehead atoms. The second kappa shape index (κ2) is 4.29. The molecule has 0 amide bonds. The van der Waals surface area contributed by atoms with Gasteiger partial charge in [0.05, 0.1) is 6.10 Å². The van der Waals surface area contributed by atoms with Crippen LogP contribution in [0.3, 0.4) is 0 Å². The van der Waals surface area contributed by atoms with E-state index in [0.29, 0.717) is 0 Å². The summed E-state index contributed by atoms with van der Waals surface area (Å²) in [6, 6.07) is 0. The average Bonchev–Trinajstić information content (AvgIpc) is 2.03. The van der Waals surface area contributed by atoms with Gasteiger partial charge < -0.3 is 4.74 Å². The average molecular weight is 154 g/mol. The van der Waals surface area contributed by atoms with Gasteiger partial charge in [0.1, 0.15) is 0 Å². The van der Waals surface area contributed by atoms with Crippen LogP contribution in [-0.4, -0.2) is 18.5 Å². The van der Waals surface area contributed by atoms with E-state index in [1.54, 1.807) is 13.0 Å². The Morgan fingerprint density at radius 3 is 2.91 bits per heavy atom. The van der Waals surface area contributed by atoms with Crippen molar-refractivity contribution >= 4 is 5.78 Å². The summed E-state index contributed by atoms with van der Waals surface area (Å²) >= 11 is 0. The van der Waals surface area contributed by atoms with Crippen LogP contribution in [0.1, 0.15) is 26.2 Å². The van der Waals surface area contributed by atoms with Crippen molar-refractivity contribution in [2.24, 2.45) is 0 Å². The summed E-state index contributed by atoms with van der Waals surface area (Å²) in [5.41, 5.74) is 0. The van der Waals surface area contributed by atoms with Gasteiger partial charge in [-0.2, -0.15) is 0 Å². The molecule has 0 aromatic carbocycles. The molecule has 1 aliphatic heterocycles. The summed E-state index contributed by atoms with van der Waals surface area (Å²) in [5, 5.41) is 0. The van der Waals surface area contributed by atoms with Gasteiger partial charge in [-0.25, -0.2) is 0 Å². The lowest BCUT2D eigenvalue weighted by molar-refractivity contribution is -0.112. The fourth-order valence-corrected chi connectivity index (χ4v) is 1.16. The van der Waals surface area contributed by atoms with E-state index in [1.165, 1.54) is 6.42 Å². The number of carbonyl (C=O) groups is 1. The van der Waals surface area contributed by atoms with Crippen LogP contribution < -0.4 is 0 Å². The first kappa shape index (κ1) is 8.47. The third-order valence-corrected chi connectivity index (χ3v) is 1.76. The van der Waals surface area contributed by atoms with Gasteiger partial charge in [-0.1, -0.05) is 6.08 Å². The van der Waals surface area contributed by atoms with E-state index < -0.39 is 0 Å². The van der Waals surface area contributed by atoms with Gasteiger partial charge in [0.15, 0.2) is 5.78 Å². The molecule has 0 unspecified atom stereocenters. The summed E-state index contributed by atoms with van der Waals surface area (Å²) in [4.78, 5) is 10.5. The molecule has 0 radical (unpaired) electrons. The summed E-state index contributed by atoms with van der Waals surface area (Å²) in [6.07, 6.45) is 7.08. The van der Waals surface area contributed by atoms with Crippen molar-refractivity contribution in [3.8, 4) is 0 Å². The Bertz CT molecular complexity index is 155. The van der Waals surface area contributed by atoms with Crippen molar-refractivity contribution < 1.29 is 9.53 Å². The maximum Gasteiger partial charge on any atom is 0.152 e. The van der Waals surface area contributed by atoms with E-state index in [4.69, 9.17) is 4.74 Å². The van der Waals surface area contributed by atoms with Crippen molar-refractivity contribution in [1.29, 1.82) is 0 Å². The first-order valence-corrected chi connectivity index (χ1v) is 4.09. The number of ether oxygens (including phenoxy) is 1. The molecule has 1 saturated heterocycles. The van der Waals surface area contributed by atoms with Crippen LogP contribution in [0.5, 0.6) is 0 Å². The summed E-state index contributed by atoms with van der Waals surface area (Å²) in [6.45, 7) is 2.40. The predicted molar refractivity (Wildman–Crippen MR) is 43.4 cm³/mol. The molecule has 62 valence electrons. The van der Waals surface area contributed by atoms with Crippen LogP contribution in [0.25, 0.3) is 0 Å². The molecule has 0 N–H and O–H groups in total. The topological polar surface area (TPSA) is 26.3 Å². The zero-order valence-electron chi connectivity index (χ0n) is 6.88. The summed E-state index contributed by atoms with van der Waals surface area (Å²) in [5.74, 6) is 0.0965. The molecule has 0 aromatic rings. The molecule has 0 spiro atoms. The van der Waals surface area contributed by atoms with Crippen LogP contribution in [0.4, 0.5) is 0 Å². The van der Waals surface area contributed by atoms with Gasteiger partial charge in [0, 0.05) is 6.61 Å². The molecule has 2 heteroatoms. The molecule has 1 aliphatic rings. The molecule has 1 heterocycles. The molecule has 2 nitrogen and oxygen atoms in total. The number of carbonyl (C=O) groups excluding carboxylic acids is 1. The lowest BCUT2D eigenvalue weighted by Gasteiger charge is -2.18. The fourth-order valence-electron chi connectivity index (χ4n) is 1.16. The highest BCUT2D eigenvalue weighted by Gasteiger charge is 2.09. The number of rotatable bonds is 2. The first-order valence-electron chi connectivity index (χ1n) is 4.09. The third kappa shape index (κ3) is 3.33. The molecular formula is C9H14O2. The molecule has 1 rings (SSSR count). The minimum absolute atomic E-state index is 0.0965. The largest absolute Gasteiger partial charge is 0.374 e. The number of ketones is 1. The minimum atomic E-state index is 0.0965.